The minimum atomic E-state index is -0.609. The van der Waals surface area contributed by atoms with Gasteiger partial charge >= 0.3 is 5.69 Å². The molecule has 0 radical (unpaired) electrons. The van der Waals surface area contributed by atoms with Crippen LogP contribution in [0.5, 0.6) is 0 Å². The second-order valence-corrected chi connectivity index (χ2v) is 10.7. The fourth-order valence-electron chi connectivity index (χ4n) is 5.36. The highest BCUT2D eigenvalue weighted by molar-refractivity contribution is 7.99. The summed E-state index contributed by atoms with van der Waals surface area (Å²) >= 11 is 1.83. The number of rotatable bonds is 4. The van der Waals surface area contributed by atoms with Gasteiger partial charge in [0.1, 0.15) is 11.5 Å². The highest BCUT2D eigenvalue weighted by atomic mass is 32.2. The van der Waals surface area contributed by atoms with Crippen molar-refractivity contribution in [3.05, 3.63) is 63.2 Å². The molecule has 2 aliphatic rings. The van der Waals surface area contributed by atoms with Crippen LogP contribution in [0.25, 0.3) is 16.8 Å². The van der Waals surface area contributed by atoms with E-state index in [1.807, 2.05) is 11.8 Å². The van der Waals surface area contributed by atoms with Crippen molar-refractivity contribution in [3.63, 3.8) is 0 Å². The van der Waals surface area contributed by atoms with Crippen LogP contribution >= 0.6 is 11.8 Å². The maximum Gasteiger partial charge on any atom is 0.333 e. The standard InChI is InChI=1S/C24H25FN8O3S/c25-14-12-18-20(27-13-14)32(17-6-10-37-11-7-17)24(36)33(22(18)35)16-4-2-15(3-5-16)28-21(34)19-29-23-26-8-1-9-31(23)30-19/h1,8-9,12-13,15-17H,2-7,10-11H2,(H,28,34). The average molecular weight is 525 g/mol. The Morgan fingerprint density at radius 2 is 1.78 bits per heavy atom. The largest absolute Gasteiger partial charge is 0.347 e. The Bertz CT molecular complexity index is 1570. The lowest BCUT2D eigenvalue weighted by molar-refractivity contribution is 0.0911. The van der Waals surface area contributed by atoms with Gasteiger partial charge in [-0.05, 0) is 62.2 Å². The van der Waals surface area contributed by atoms with E-state index in [0.717, 1.165) is 30.5 Å². The van der Waals surface area contributed by atoms with Gasteiger partial charge in [-0.15, -0.1) is 5.10 Å². The van der Waals surface area contributed by atoms with Crippen molar-refractivity contribution >= 4 is 34.5 Å². The molecule has 5 heterocycles. The first-order chi connectivity index (χ1) is 18.0. The molecule has 0 atom stereocenters. The Morgan fingerprint density at radius 3 is 2.54 bits per heavy atom. The van der Waals surface area contributed by atoms with E-state index >= 15 is 0 Å². The van der Waals surface area contributed by atoms with Crippen LogP contribution in [-0.2, 0) is 0 Å². The van der Waals surface area contributed by atoms with Crippen molar-refractivity contribution in [1.29, 1.82) is 0 Å². The minimum Gasteiger partial charge on any atom is -0.347 e. The number of thioether (sulfide) groups is 1. The second kappa shape index (κ2) is 9.69. The highest BCUT2D eigenvalue weighted by Crippen LogP contribution is 2.30. The molecule has 0 bridgehead atoms. The van der Waals surface area contributed by atoms with Crippen LogP contribution in [0.4, 0.5) is 4.39 Å². The van der Waals surface area contributed by atoms with Gasteiger partial charge in [-0.2, -0.15) is 16.7 Å². The predicted octanol–water partition coefficient (Wildman–Crippen LogP) is 2.12. The lowest BCUT2D eigenvalue weighted by Crippen LogP contribution is -2.46. The molecule has 37 heavy (non-hydrogen) atoms. The fourth-order valence-corrected chi connectivity index (χ4v) is 6.44. The Labute approximate surface area is 214 Å². The molecule has 0 unspecified atom stereocenters. The lowest BCUT2D eigenvalue weighted by atomic mass is 9.91. The predicted molar refractivity (Wildman–Crippen MR) is 135 cm³/mol. The minimum absolute atomic E-state index is 0.0367. The van der Waals surface area contributed by atoms with Gasteiger partial charge in [0.25, 0.3) is 17.2 Å². The van der Waals surface area contributed by atoms with Crippen LogP contribution in [0.3, 0.4) is 0 Å². The van der Waals surface area contributed by atoms with E-state index in [1.165, 1.54) is 15.1 Å². The van der Waals surface area contributed by atoms with Crippen LogP contribution < -0.4 is 16.6 Å². The van der Waals surface area contributed by atoms with Gasteiger partial charge in [0.2, 0.25) is 5.82 Å². The fraction of sp³-hybridized carbons (Fsp3) is 0.458. The number of pyridine rings is 1. The molecule has 0 spiro atoms. The number of carbonyl (C=O) groups is 1. The molecule has 1 saturated heterocycles. The summed E-state index contributed by atoms with van der Waals surface area (Å²) < 4.78 is 18.4. The number of hydrogen-bond acceptors (Lipinski definition) is 8. The normalized spacial score (nSPS) is 20.9. The van der Waals surface area contributed by atoms with E-state index < -0.39 is 17.3 Å². The van der Waals surface area contributed by atoms with Crippen LogP contribution in [0.15, 0.2) is 40.3 Å². The topological polar surface area (TPSA) is 129 Å². The number of amides is 1. The molecule has 4 aromatic heterocycles. The zero-order valence-electron chi connectivity index (χ0n) is 19.9. The third-order valence-electron chi connectivity index (χ3n) is 7.20. The molecule has 1 saturated carbocycles. The Hall–Kier alpha value is -3.61. The second-order valence-electron chi connectivity index (χ2n) is 9.47. The molecule has 192 valence electrons. The van der Waals surface area contributed by atoms with Crippen molar-refractivity contribution in [2.75, 3.05) is 11.5 Å². The van der Waals surface area contributed by atoms with Crippen molar-refractivity contribution < 1.29 is 9.18 Å². The van der Waals surface area contributed by atoms with Gasteiger partial charge in [0.15, 0.2) is 0 Å². The van der Waals surface area contributed by atoms with Crippen molar-refractivity contribution in [2.24, 2.45) is 0 Å². The van der Waals surface area contributed by atoms with E-state index in [9.17, 15) is 18.8 Å². The molecular weight excluding hydrogens is 499 g/mol. The monoisotopic (exact) mass is 524 g/mol. The highest BCUT2D eigenvalue weighted by Gasteiger charge is 2.30. The summed E-state index contributed by atoms with van der Waals surface area (Å²) in [5.41, 5.74) is -0.648. The van der Waals surface area contributed by atoms with Crippen molar-refractivity contribution in [1.82, 2.24) is 39.0 Å². The molecule has 4 aromatic rings. The number of nitrogens with zero attached hydrogens (tertiary/aromatic N) is 7. The number of aromatic nitrogens is 7. The van der Waals surface area contributed by atoms with Crippen LogP contribution in [0.2, 0.25) is 0 Å². The summed E-state index contributed by atoms with van der Waals surface area (Å²) in [7, 11) is 0. The van der Waals surface area contributed by atoms with Gasteiger partial charge < -0.3 is 5.32 Å². The van der Waals surface area contributed by atoms with Gasteiger partial charge in [-0.1, -0.05) is 0 Å². The van der Waals surface area contributed by atoms with Gasteiger partial charge in [-0.25, -0.2) is 23.7 Å². The summed E-state index contributed by atoms with van der Waals surface area (Å²) in [6.07, 6.45) is 8.09. The van der Waals surface area contributed by atoms with Gasteiger partial charge in [-0.3, -0.25) is 18.7 Å². The quantitative estimate of drug-likeness (QED) is 0.430. The number of fused-ring (bicyclic) bond motifs is 2. The Kier molecular flexibility index (Phi) is 6.22. The molecule has 2 fully saturated rings. The summed E-state index contributed by atoms with van der Waals surface area (Å²) in [5, 5.41) is 7.24. The number of nitrogens with one attached hydrogen (secondary N) is 1. The Balaban J connectivity index is 1.25. The number of carbonyl (C=O) groups excluding carboxylic acids is 1. The number of halogens is 1. The van der Waals surface area contributed by atoms with Crippen LogP contribution in [0, 0.1) is 5.82 Å². The average Bonchev–Trinajstić information content (AvgIpc) is 3.36. The first-order valence-corrected chi connectivity index (χ1v) is 13.5. The maximum atomic E-state index is 14.1. The summed E-state index contributed by atoms with van der Waals surface area (Å²) in [6.45, 7) is 0. The lowest BCUT2D eigenvalue weighted by Gasteiger charge is -2.31. The van der Waals surface area contributed by atoms with E-state index in [1.54, 1.807) is 23.0 Å². The first-order valence-electron chi connectivity index (χ1n) is 12.4. The van der Waals surface area contributed by atoms with Crippen LogP contribution in [-0.4, -0.2) is 57.2 Å². The first kappa shape index (κ1) is 23.8. The molecule has 1 amide bonds. The van der Waals surface area contributed by atoms with Crippen LogP contribution in [0.1, 0.15) is 61.2 Å². The third kappa shape index (κ3) is 4.41. The van der Waals surface area contributed by atoms with E-state index in [4.69, 9.17) is 0 Å². The zero-order chi connectivity index (χ0) is 25.5. The van der Waals surface area contributed by atoms with Crippen molar-refractivity contribution in [3.8, 4) is 0 Å². The van der Waals surface area contributed by atoms with E-state index in [-0.39, 0.29) is 40.7 Å². The van der Waals surface area contributed by atoms with E-state index in [2.05, 4.69) is 25.4 Å². The molecule has 1 aliphatic heterocycles. The molecule has 0 aromatic carbocycles. The van der Waals surface area contributed by atoms with Gasteiger partial charge in [0.05, 0.1) is 11.6 Å². The maximum absolute atomic E-state index is 14.1. The van der Waals surface area contributed by atoms with Gasteiger partial charge in [0, 0.05) is 30.5 Å². The molecular formula is C24H25FN8O3S. The molecule has 13 heteroatoms. The zero-order valence-corrected chi connectivity index (χ0v) is 20.7. The van der Waals surface area contributed by atoms with Crippen molar-refractivity contribution in [2.45, 2.75) is 56.7 Å². The molecule has 1 aliphatic carbocycles. The molecule has 1 N–H and O–H groups in total. The SMILES string of the molecule is O=C(NC1CCC(n2c(=O)c3cc(F)cnc3n(C3CCSCC3)c2=O)CC1)c1nc2ncccn2n1. The number of hydrogen-bond donors (Lipinski definition) is 1. The van der Waals surface area contributed by atoms with E-state index in [0.29, 0.717) is 31.5 Å². The third-order valence-corrected chi connectivity index (χ3v) is 8.24. The summed E-state index contributed by atoms with van der Waals surface area (Å²) in [4.78, 5) is 52.2. The summed E-state index contributed by atoms with van der Waals surface area (Å²) in [5.74, 6) is 1.21. The summed E-state index contributed by atoms with van der Waals surface area (Å²) in [6, 6.07) is 2.31. The molecule has 6 rings (SSSR count). The molecule has 11 nitrogen and oxygen atoms in total. The Morgan fingerprint density at radius 1 is 1.03 bits per heavy atom. The smallest absolute Gasteiger partial charge is 0.333 e.